The Kier molecular flexibility index (Phi) is 5.17. The van der Waals surface area contributed by atoms with E-state index in [0.29, 0.717) is 25.2 Å². The number of carbonyl (C=O) groups is 1. The molecule has 0 bridgehead atoms. The first kappa shape index (κ1) is 16.9. The maximum absolute atomic E-state index is 12.3. The van der Waals surface area contributed by atoms with Crippen LogP contribution in [0.5, 0.6) is 0 Å². The molecular formula is C14H21N3O4S. The van der Waals surface area contributed by atoms with Gasteiger partial charge in [0, 0.05) is 25.9 Å². The van der Waals surface area contributed by atoms with Gasteiger partial charge in [0.25, 0.3) is 0 Å². The Hall–Kier alpha value is -1.48. The van der Waals surface area contributed by atoms with Crippen molar-refractivity contribution in [1.82, 2.24) is 4.72 Å². The highest BCUT2D eigenvalue weighted by Crippen LogP contribution is 2.30. The zero-order valence-corrected chi connectivity index (χ0v) is 13.5. The third-order valence-electron chi connectivity index (χ3n) is 3.53. The van der Waals surface area contributed by atoms with Crippen molar-refractivity contribution in [2.24, 2.45) is 5.73 Å². The zero-order valence-electron chi connectivity index (χ0n) is 12.7. The normalized spacial score (nSPS) is 15.7. The number of nitrogens with one attached hydrogen (secondary N) is 1. The second-order valence-corrected chi connectivity index (χ2v) is 6.86. The molecule has 1 unspecified atom stereocenters. The van der Waals surface area contributed by atoms with E-state index >= 15 is 0 Å². The van der Waals surface area contributed by atoms with Crippen molar-refractivity contribution in [1.29, 1.82) is 0 Å². The molecule has 0 aromatic heterocycles. The van der Waals surface area contributed by atoms with Gasteiger partial charge in [-0.3, -0.25) is 4.79 Å². The number of fused-ring (bicyclic) bond motifs is 1. The Labute approximate surface area is 130 Å². The van der Waals surface area contributed by atoms with Crippen LogP contribution in [-0.2, 0) is 26.0 Å². The number of hydrogen-bond donors (Lipinski definition) is 2. The maximum Gasteiger partial charge on any atom is 0.246 e. The Morgan fingerprint density at radius 1 is 1.50 bits per heavy atom. The average molecular weight is 327 g/mol. The molecule has 1 aromatic carbocycles. The molecule has 0 saturated carbocycles. The second kappa shape index (κ2) is 6.74. The Morgan fingerprint density at radius 3 is 2.86 bits per heavy atom. The summed E-state index contributed by atoms with van der Waals surface area (Å²) in [6.45, 7) is 2.64. The standard InChI is InChI=1S/C14H21N3O4S/c1-3-16-22(19,20)11-5-4-10-6-7-17(13(10)8-11)14(18)12(15)9-21-2/h4-5,8,12,16H,3,6-7,9,15H2,1-2H3. The number of nitrogens with zero attached hydrogens (tertiary/aromatic N) is 1. The van der Waals surface area contributed by atoms with E-state index in [-0.39, 0.29) is 17.4 Å². The molecule has 2 rings (SSSR count). The van der Waals surface area contributed by atoms with Crippen molar-refractivity contribution in [2.75, 3.05) is 31.7 Å². The molecule has 3 N–H and O–H groups in total. The quantitative estimate of drug-likeness (QED) is 0.756. The van der Waals surface area contributed by atoms with Crippen LogP contribution in [0, 0.1) is 0 Å². The molecule has 0 radical (unpaired) electrons. The Bertz CT molecular complexity index is 660. The van der Waals surface area contributed by atoms with E-state index in [2.05, 4.69) is 4.72 Å². The van der Waals surface area contributed by atoms with E-state index in [9.17, 15) is 13.2 Å². The number of carbonyl (C=O) groups excluding carboxylic acids is 1. The van der Waals surface area contributed by atoms with Crippen LogP contribution in [0.4, 0.5) is 5.69 Å². The van der Waals surface area contributed by atoms with Crippen LogP contribution in [0.15, 0.2) is 23.1 Å². The predicted molar refractivity (Wildman–Crippen MR) is 83.2 cm³/mol. The van der Waals surface area contributed by atoms with Crippen LogP contribution in [0.1, 0.15) is 12.5 Å². The minimum absolute atomic E-state index is 0.125. The number of methoxy groups -OCH3 is 1. The largest absolute Gasteiger partial charge is 0.383 e. The van der Waals surface area contributed by atoms with Gasteiger partial charge in [-0.05, 0) is 24.1 Å². The summed E-state index contributed by atoms with van der Waals surface area (Å²) >= 11 is 0. The van der Waals surface area contributed by atoms with E-state index in [4.69, 9.17) is 10.5 Å². The number of amides is 1. The van der Waals surface area contributed by atoms with E-state index in [1.54, 1.807) is 19.1 Å². The van der Waals surface area contributed by atoms with E-state index in [1.807, 2.05) is 0 Å². The summed E-state index contributed by atoms with van der Waals surface area (Å²) in [6, 6.07) is 4.07. The van der Waals surface area contributed by atoms with Crippen molar-refractivity contribution in [3.63, 3.8) is 0 Å². The molecule has 0 fully saturated rings. The summed E-state index contributed by atoms with van der Waals surface area (Å²) < 4.78 is 31.5. The first-order valence-corrected chi connectivity index (χ1v) is 8.57. The van der Waals surface area contributed by atoms with Gasteiger partial charge in [0.15, 0.2) is 0 Å². The van der Waals surface area contributed by atoms with Crippen molar-refractivity contribution in [3.05, 3.63) is 23.8 Å². The van der Waals surface area contributed by atoms with Gasteiger partial charge < -0.3 is 15.4 Å². The minimum Gasteiger partial charge on any atom is -0.383 e. The van der Waals surface area contributed by atoms with E-state index in [1.165, 1.54) is 18.1 Å². The van der Waals surface area contributed by atoms with Gasteiger partial charge in [0.05, 0.1) is 11.5 Å². The van der Waals surface area contributed by atoms with Gasteiger partial charge >= 0.3 is 0 Å². The molecule has 1 heterocycles. The monoisotopic (exact) mass is 327 g/mol. The van der Waals surface area contributed by atoms with Crippen molar-refractivity contribution < 1.29 is 17.9 Å². The lowest BCUT2D eigenvalue weighted by Crippen LogP contribution is -2.45. The Balaban J connectivity index is 2.32. The van der Waals surface area contributed by atoms with Gasteiger partial charge in [-0.25, -0.2) is 13.1 Å². The summed E-state index contributed by atoms with van der Waals surface area (Å²) in [5, 5.41) is 0. The number of rotatable bonds is 6. The topological polar surface area (TPSA) is 102 Å². The van der Waals surface area contributed by atoms with Crippen LogP contribution in [0.2, 0.25) is 0 Å². The van der Waals surface area contributed by atoms with Crippen LogP contribution >= 0.6 is 0 Å². The zero-order chi connectivity index (χ0) is 16.3. The van der Waals surface area contributed by atoms with Crippen LogP contribution in [0.25, 0.3) is 0 Å². The highest BCUT2D eigenvalue weighted by molar-refractivity contribution is 7.89. The molecule has 0 saturated heterocycles. The summed E-state index contributed by atoms with van der Waals surface area (Å²) in [6.07, 6.45) is 0.683. The van der Waals surface area contributed by atoms with Crippen molar-refractivity contribution in [2.45, 2.75) is 24.3 Å². The SMILES string of the molecule is CCNS(=O)(=O)c1ccc2c(c1)N(C(=O)C(N)COC)CC2. The fraction of sp³-hybridized carbons (Fsp3) is 0.500. The molecular weight excluding hydrogens is 306 g/mol. The molecule has 22 heavy (non-hydrogen) atoms. The van der Waals surface area contributed by atoms with Crippen LogP contribution in [-0.4, -0.2) is 47.2 Å². The van der Waals surface area contributed by atoms with Crippen molar-refractivity contribution >= 4 is 21.6 Å². The van der Waals surface area contributed by atoms with Crippen molar-refractivity contribution in [3.8, 4) is 0 Å². The lowest BCUT2D eigenvalue weighted by atomic mass is 10.2. The molecule has 1 aliphatic heterocycles. The smallest absolute Gasteiger partial charge is 0.246 e. The van der Waals surface area contributed by atoms with Crippen LogP contribution in [0.3, 0.4) is 0 Å². The molecule has 0 spiro atoms. The molecule has 0 aliphatic carbocycles. The number of benzene rings is 1. The number of sulfonamides is 1. The molecule has 1 atom stereocenters. The van der Waals surface area contributed by atoms with Crippen LogP contribution < -0.4 is 15.4 Å². The minimum atomic E-state index is -3.56. The summed E-state index contributed by atoms with van der Waals surface area (Å²) in [4.78, 5) is 14.0. The summed E-state index contributed by atoms with van der Waals surface area (Å²) in [5.41, 5.74) is 7.33. The maximum atomic E-state index is 12.3. The average Bonchev–Trinajstić information content (AvgIpc) is 2.89. The first-order chi connectivity index (χ1) is 10.4. The molecule has 8 heteroatoms. The Morgan fingerprint density at radius 2 is 2.23 bits per heavy atom. The molecule has 7 nitrogen and oxygen atoms in total. The lowest BCUT2D eigenvalue weighted by molar-refractivity contribution is -0.120. The molecule has 1 aliphatic rings. The third-order valence-corrected chi connectivity index (χ3v) is 5.07. The van der Waals surface area contributed by atoms with Gasteiger partial charge in [0.2, 0.25) is 15.9 Å². The molecule has 122 valence electrons. The number of ether oxygens (including phenoxy) is 1. The van der Waals surface area contributed by atoms with Gasteiger partial charge in [-0.1, -0.05) is 13.0 Å². The summed E-state index contributed by atoms with van der Waals surface area (Å²) in [7, 11) is -2.08. The van der Waals surface area contributed by atoms with E-state index < -0.39 is 16.1 Å². The second-order valence-electron chi connectivity index (χ2n) is 5.09. The lowest BCUT2D eigenvalue weighted by Gasteiger charge is -2.21. The number of hydrogen-bond acceptors (Lipinski definition) is 5. The highest BCUT2D eigenvalue weighted by Gasteiger charge is 2.29. The first-order valence-electron chi connectivity index (χ1n) is 7.09. The predicted octanol–water partition coefficient (Wildman–Crippen LogP) is -0.152. The molecule has 1 amide bonds. The number of nitrogens with two attached hydrogens (primary N) is 1. The third kappa shape index (κ3) is 3.30. The van der Waals surface area contributed by atoms with Gasteiger partial charge in [0.1, 0.15) is 6.04 Å². The summed E-state index contributed by atoms with van der Waals surface area (Å²) in [5.74, 6) is -0.265. The van der Waals surface area contributed by atoms with Gasteiger partial charge in [-0.2, -0.15) is 0 Å². The number of anilines is 1. The fourth-order valence-corrected chi connectivity index (χ4v) is 3.54. The fourth-order valence-electron chi connectivity index (χ4n) is 2.48. The van der Waals surface area contributed by atoms with E-state index in [0.717, 1.165) is 5.56 Å². The highest BCUT2D eigenvalue weighted by atomic mass is 32.2. The van der Waals surface area contributed by atoms with Gasteiger partial charge in [-0.15, -0.1) is 0 Å². The molecule has 1 aromatic rings.